The van der Waals surface area contributed by atoms with E-state index < -0.39 is 0 Å². The van der Waals surface area contributed by atoms with Gasteiger partial charge in [0, 0.05) is 6.04 Å². The third-order valence-corrected chi connectivity index (χ3v) is 4.15. The minimum Gasteiger partial charge on any atom is -0.324 e. The molecule has 1 nitrogen and oxygen atoms in total. The van der Waals surface area contributed by atoms with Crippen molar-refractivity contribution in [2.75, 3.05) is 0 Å². The van der Waals surface area contributed by atoms with E-state index >= 15 is 0 Å². The van der Waals surface area contributed by atoms with E-state index in [1.54, 1.807) is 13.0 Å². The lowest BCUT2D eigenvalue weighted by molar-refractivity contribution is 0.256. The van der Waals surface area contributed by atoms with Gasteiger partial charge in [-0.15, -0.1) is 0 Å². The standard InChI is InChI=1S/C15H22FN/c1-10-3-6-12(7-4-10)15(17)13-8-5-11(2)14(16)9-13/h5,8-10,12,15H,3-4,6-7,17H2,1-2H3. The van der Waals surface area contributed by atoms with Gasteiger partial charge in [0.25, 0.3) is 0 Å². The van der Waals surface area contributed by atoms with Crippen LogP contribution in [0.3, 0.4) is 0 Å². The maximum Gasteiger partial charge on any atom is 0.126 e. The van der Waals surface area contributed by atoms with E-state index in [0.717, 1.165) is 11.5 Å². The molecule has 0 heterocycles. The van der Waals surface area contributed by atoms with Crippen LogP contribution in [0.15, 0.2) is 18.2 Å². The highest BCUT2D eigenvalue weighted by atomic mass is 19.1. The van der Waals surface area contributed by atoms with Gasteiger partial charge in [0.15, 0.2) is 0 Å². The molecule has 1 atom stereocenters. The number of hydrogen-bond acceptors (Lipinski definition) is 1. The molecular formula is C15H22FN. The highest BCUT2D eigenvalue weighted by molar-refractivity contribution is 5.26. The van der Waals surface area contributed by atoms with E-state index in [1.165, 1.54) is 25.7 Å². The third kappa shape index (κ3) is 2.86. The predicted molar refractivity (Wildman–Crippen MR) is 69.2 cm³/mol. The van der Waals surface area contributed by atoms with Crippen molar-refractivity contribution in [3.8, 4) is 0 Å². The lowest BCUT2D eigenvalue weighted by Crippen LogP contribution is -2.25. The Morgan fingerprint density at radius 3 is 2.47 bits per heavy atom. The van der Waals surface area contributed by atoms with Gasteiger partial charge in [-0.2, -0.15) is 0 Å². The van der Waals surface area contributed by atoms with Crippen LogP contribution >= 0.6 is 0 Å². The van der Waals surface area contributed by atoms with Crippen molar-refractivity contribution in [1.82, 2.24) is 0 Å². The van der Waals surface area contributed by atoms with E-state index in [1.807, 2.05) is 12.1 Å². The molecule has 0 radical (unpaired) electrons. The fourth-order valence-corrected chi connectivity index (χ4v) is 2.73. The average Bonchev–Trinajstić information content (AvgIpc) is 2.33. The van der Waals surface area contributed by atoms with Crippen LogP contribution in [0.2, 0.25) is 0 Å². The van der Waals surface area contributed by atoms with Gasteiger partial charge >= 0.3 is 0 Å². The van der Waals surface area contributed by atoms with Gasteiger partial charge in [-0.25, -0.2) is 4.39 Å². The summed E-state index contributed by atoms with van der Waals surface area (Å²) in [6, 6.07) is 5.41. The molecule has 1 aliphatic rings. The summed E-state index contributed by atoms with van der Waals surface area (Å²) in [6.07, 6.45) is 4.87. The molecule has 94 valence electrons. The van der Waals surface area contributed by atoms with Crippen LogP contribution in [0, 0.1) is 24.6 Å². The highest BCUT2D eigenvalue weighted by Crippen LogP contribution is 2.35. The molecule has 1 saturated carbocycles. The Kier molecular flexibility index (Phi) is 3.82. The summed E-state index contributed by atoms with van der Waals surface area (Å²) in [7, 11) is 0. The Morgan fingerprint density at radius 1 is 1.24 bits per heavy atom. The van der Waals surface area contributed by atoms with Crippen molar-refractivity contribution in [1.29, 1.82) is 0 Å². The zero-order valence-corrected chi connectivity index (χ0v) is 10.7. The van der Waals surface area contributed by atoms with Crippen LogP contribution in [0.25, 0.3) is 0 Å². The van der Waals surface area contributed by atoms with Gasteiger partial charge in [-0.3, -0.25) is 0 Å². The minimum absolute atomic E-state index is 0.00222. The molecule has 2 heteroatoms. The van der Waals surface area contributed by atoms with E-state index in [0.29, 0.717) is 11.5 Å². The Bertz CT molecular complexity index is 381. The number of rotatable bonds is 2. The van der Waals surface area contributed by atoms with Gasteiger partial charge in [-0.1, -0.05) is 31.9 Å². The summed E-state index contributed by atoms with van der Waals surface area (Å²) < 4.78 is 13.5. The molecule has 0 aromatic heterocycles. The fraction of sp³-hybridized carbons (Fsp3) is 0.600. The number of benzene rings is 1. The SMILES string of the molecule is Cc1ccc(C(N)C2CCC(C)CC2)cc1F. The van der Waals surface area contributed by atoms with Crippen LogP contribution in [0.4, 0.5) is 4.39 Å². The second kappa shape index (κ2) is 5.18. The lowest BCUT2D eigenvalue weighted by atomic mass is 9.77. The van der Waals surface area contributed by atoms with Crippen LogP contribution in [-0.2, 0) is 0 Å². The van der Waals surface area contributed by atoms with E-state index in [-0.39, 0.29) is 11.9 Å². The fourth-order valence-electron chi connectivity index (χ4n) is 2.73. The summed E-state index contributed by atoms with van der Waals surface area (Å²) in [4.78, 5) is 0. The summed E-state index contributed by atoms with van der Waals surface area (Å²) in [6.45, 7) is 4.08. The van der Waals surface area contributed by atoms with E-state index in [9.17, 15) is 4.39 Å². The van der Waals surface area contributed by atoms with Crippen molar-refractivity contribution < 1.29 is 4.39 Å². The smallest absolute Gasteiger partial charge is 0.126 e. The molecule has 0 saturated heterocycles. The maximum atomic E-state index is 13.5. The highest BCUT2D eigenvalue weighted by Gasteiger charge is 2.24. The Hall–Kier alpha value is -0.890. The molecule has 0 spiro atoms. The van der Waals surface area contributed by atoms with Crippen LogP contribution < -0.4 is 5.73 Å². The van der Waals surface area contributed by atoms with Crippen molar-refractivity contribution in [2.24, 2.45) is 17.6 Å². The largest absolute Gasteiger partial charge is 0.324 e. The first-order valence-corrected chi connectivity index (χ1v) is 6.59. The molecule has 1 fully saturated rings. The van der Waals surface area contributed by atoms with Gasteiger partial charge in [-0.05, 0) is 48.8 Å². The Labute approximate surface area is 103 Å². The first-order chi connectivity index (χ1) is 8.08. The summed E-state index contributed by atoms with van der Waals surface area (Å²) in [5.74, 6) is 1.21. The van der Waals surface area contributed by atoms with Crippen LogP contribution in [0.5, 0.6) is 0 Å². The minimum atomic E-state index is -0.137. The quantitative estimate of drug-likeness (QED) is 0.825. The van der Waals surface area contributed by atoms with Gasteiger partial charge in [0.2, 0.25) is 0 Å². The van der Waals surface area contributed by atoms with Gasteiger partial charge in [0.1, 0.15) is 5.82 Å². The number of aryl methyl sites for hydroxylation is 1. The molecule has 0 amide bonds. The van der Waals surface area contributed by atoms with Crippen molar-refractivity contribution >= 4 is 0 Å². The zero-order chi connectivity index (χ0) is 12.4. The maximum absolute atomic E-state index is 13.5. The molecular weight excluding hydrogens is 213 g/mol. The first kappa shape index (κ1) is 12.6. The van der Waals surface area contributed by atoms with Crippen molar-refractivity contribution in [3.05, 3.63) is 35.1 Å². The van der Waals surface area contributed by atoms with E-state index in [4.69, 9.17) is 5.73 Å². The molecule has 17 heavy (non-hydrogen) atoms. The van der Waals surface area contributed by atoms with Gasteiger partial charge < -0.3 is 5.73 Å². The monoisotopic (exact) mass is 235 g/mol. The molecule has 2 rings (SSSR count). The molecule has 1 aliphatic carbocycles. The average molecular weight is 235 g/mol. The summed E-state index contributed by atoms with van der Waals surface area (Å²) >= 11 is 0. The predicted octanol–water partition coefficient (Wildman–Crippen LogP) is 3.96. The molecule has 0 bridgehead atoms. The number of hydrogen-bond donors (Lipinski definition) is 1. The third-order valence-electron chi connectivity index (χ3n) is 4.15. The van der Waals surface area contributed by atoms with Crippen LogP contribution in [-0.4, -0.2) is 0 Å². The molecule has 1 aromatic carbocycles. The van der Waals surface area contributed by atoms with E-state index in [2.05, 4.69) is 6.92 Å². The van der Waals surface area contributed by atoms with Crippen molar-refractivity contribution in [2.45, 2.75) is 45.6 Å². The number of halogens is 1. The molecule has 0 aliphatic heterocycles. The zero-order valence-electron chi connectivity index (χ0n) is 10.7. The normalized spacial score (nSPS) is 26.8. The summed E-state index contributed by atoms with van der Waals surface area (Å²) in [5, 5.41) is 0. The van der Waals surface area contributed by atoms with Crippen LogP contribution in [0.1, 0.15) is 49.8 Å². The Morgan fingerprint density at radius 2 is 1.88 bits per heavy atom. The first-order valence-electron chi connectivity index (χ1n) is 6.59. The lowest BCUT2D eigenvalue weighted by Gasteiger charge is -2.30. The second-order valence-corrected chi connectivity index (χ2v) is 5.55. The number of nitrogens with two attached hydrogens (primary N) is 1. The Balaban J connectivity index is 2.08. The molecule has 1 unspecified atom stereocenters. The van der Waals surface area contributed by atoms with Gasteiger partial charge in [0.05, 0.1) is 0 Å². The second-order valence-electron chi connectivity index (χ2n) is 5.55. The summed E-state index contributed by atoms with van der Waals surface area (Å²) in [5.41, 5.74) is 7.91. The van der Waals surface area contributed by atoms with Crippen molar-refractivity contribution in [3.63, 3.8) is 0 Å². The molecule has 1 aromatic rings. The topological polar surface area (TPSA) is 26.0 Å². The molecule has 2 N–H and O–H groups in total.